The number of nitrogens with zero attached hydrogens (tertiary/aromatic N) is 1. The van der Waals surface area contributed by atoms with Gasteiger partial charge in [-0.2, -0.15) is 8.42 Å². The molecule has 8 heteroatoms. The zero-order valence-corrected chi connectivity index (χ0v) is 10.8. The van der Waals surface area contributed by atoms with Gasteiger partial charge in [0, 0.05) is 11.9 Å². The monoisotopic (exact) mass is 296 g/mol. The van der Waals surface area contributed by atoms with Crippen molar-refractivity contribution in [2.75, 3.05) is 4.72 Å². The summed E-state index contributed by atoms with van der Waals surface area (Å²) in [7, 11) is -4.16. The van der Waals surface area contributed by atoms with Crippen LogP contribution in [0.5, 0.6) is 0 Å². The van der Waals surface area contributed by atoms with E-state index in [2.05, 4.69) is 9.71 Å². The van der Waals surface area contributed by atoms with Gasteiger partial charge in [-0.05, 0) is 36.4 Å². The third-order valence-corrected chi connectivity index (χ3v) is 3.68. The van der Waals surface area contributed by atoms with E-state index in [1.54, 1.807) is 0 Å². The summed E-state index contributed by atoms with van der Waals surface area (Å²) in [4.78, 5) is 14.1. The Balaban J connectivity index is 2.29. The van der Waals surface area contributed by atoms with Crippen LogP contribution in [0.2, 0.25) is 0 Å². The van der Waals surface area contributed by atoms with Crippen LogP contribution in [-0.4, -0.2) is 24.5 Å². The molecule has 0 spiro atoms. The fourth-order valence-electron chi connectivity index (χ4n) is 1.45. The topological polar surface area (TPSA) is 96.4 Å². The smallest absolute Gasteiger partial charge is 0.335 e. The number of carboxylic acids is 1. The maximum Gasteiger partial charge on any atom is 0.335 e. The number of rotatable bonds is 4. The molecule has 0 amide bonds. The van der Waals surface area contributed by atoms with Crippen LogP contribution >= 0.6 is 0 Å². The highest BCUT2D eigenvalue weighted by molar-refractivity contribution is 7.92. The van der Waals surface area contributed by atoms with Crippen LogP contribution in [0.4, 0.5) is 10.1 Å². The van der Waals surface area contributed by atoms with Crippen molar-refractivity contribution in [3.05, 3.63) is 54.0 Å². The summed E-state index contributed by atoms with van der Waals surface area (Å²) in [5.41, 5.74) is 0.122. The molecule has 0 bridgehead atoms. The van der Waals surface area contributed by atoms with Gasteiger partial charge in [-0.3, -0.25) is 4.72 Å². The molecular formula is C12H9FN2O4S. The minimum Gasteiger partial charge on any atom is -0.478 e. The Bertz CT molecular complexity index is 744. The fourth-order valence-corrected chi connectivity index (χ4v) is 2.52. The molecule has 0 radical (unpaired) electrons. The van der Waals surface area contributed by atoms with E-state index >= 15 is 0 Å². The van der Waals surface area contributed by atoms with E-state index in [4.69, 9.17) is 5.11 Å². The van der Waals surface area contributed by atoms with E-state index in [0.717, 1.165) is 12.3 Å². The van der Waals surface area contributed by atoms with E-state index in [-0.39, 0.29) is 11.3 Å². The molecule has 0 aliphatic carbocycles. The molecule has 2 N–H and O–H groups in total. The van der Waals surface area contributed by atoms with Gasteiger partial charge in [-0.1, -0.05) is 0 Å². The van der Waals surface area contributed by atoms with Crippen LogP contribution < -0.4 is 4.72 Å². The summed E-state index contributed by atoms with van der Waals surface area (Å²) in [6.45, 7) is 0. The average molecular weight is 296 g/mol. The number of anilines is 1. The summed E-state index contributed by atoms with van der Waals surface area (Å²) in [6.07, 6.45) is 1.16. The highest BCUT2D eigenvalue weighted by Gasteiger charge is 2.20. The van der Waals surface area contributed by atoms with Gasteiger partial charge in [0.05, 0.1) is 5.56 Å². The lowest BCUT2D eigenvalue weighted by Crippen LogP contribution is -2.16. The number of hydrogen-bond donors (Lipinski definition) is 2. The number of carboxylic acid groups (broad SMARTS) is 1. The minimum absolute atomic E-state index is 0.0111. The van der Waals surface area contributed by atoms with Crippen LogP contribution in [0.15, 0.2) is 47.6 Å². The van der Waals surface area contributed by atoms with Gasteiger partial charge in [-0.25, -0.2) is 14.2 Å². The van der Waals surface area contributed by atoms with Crippen LogP contribution in [0.1, 0.15) is 10.4 Å². The SMILES string of the molecule is O=C(O)c1ccc(NS(=O)(=O)c2ncccc2F)cc1. The number of aromatic carboxylic acids is 1. The van der Waals surface area contributed by atoms with Gasteiger partial charge >= 0.3 is 5.97 Å². The Morgan fingerprint density at radius 3 is 2.40 bits per heavy atom. The first-order valence-electron chi connectivity index (χ1n) is 5.37. The van der Waals surface area contributed by atoms with Crippen molar-refractivity contribution in [1.82, 2.24) is 4.98 Å². The van der Waals surface area contributed by atoms with E-state index in [1.807, 2.05) is 0 Å². The normalized spacial score (nSPS) is 11.1. The molecule has 0 saturated heterocycles. The van der Waals surface area contributed by atoms with Gasteiger partial charge in [-0.15, -0.1) is 0 Å². The van der Waals surface area contributed by atoms with Gasteiger partial charge in [0.15, 0.2) is 5.82 Å². The lowest BCUT2D eigenvalue weighted by molar-refractivity contribution is 0.0697. The van der Waals surface area contributed by atoms with Crippen molar-refractivity contribution in [3.8, 4) is 0 Å². The van der Waals surface area contributed by atoms with Crippen LogP contribution in [0.3, 0.4) is 0 Å². The molecule has 104 valence electrons. The standard InChI is InChI=1S/C12H9FN2O4S/c13-10-2-1-7-14-11(10)20(18,19)15-9-5-3-8(4-6-9)12(16)17/h1-7,15H,(H,16,17). The van der Waals surface area contributed by atoms with Crippen LogP contribution in [0, 0.1) is 5.82 Å². The van der Waals surface area contributed by atoms with E-state index in [9.17, 15) is 17.6 Å². The first-order chi connectivity index (χ1) is 9.40. The summed E-state index contributed by atoms with van der Waals surface area (Å²) in [5, 5.41) is 8.00. The minimum atomic E-state index is -4.16. The molecule has 0 unspecified atom stereocenters. The molecule has 0 atom stereocenters. The molecule has 1 heterocycles. The van der Waals surface area contributed by atoms with E-state index in [0.29, 0.717) is 0 Å². The molecule has 2 rings (SSSR count). The highest BCUT2D eigenvalue weighted by atomic mass is 32.2. The zero-order valence-electron chi connectivity index (χ0n) is 9.95. The zero-order chi connectivity index (χ0) is 14.8. The quantitative estimate of drug-likeness (QED) is 0.895. The number of hydrogen-bond acceptors (Lipinski definition) is 4. The van der Waals surface area contributed by atoms with Crippen molar-refractivity contribution in [1.29, 1.82) is 0 Å². The molecule has 1 aromatic carbocycles. The summed E-state index contributed by atoms with van der Waals surface area (Å²) < 4.78 is 39.3. The van der Waals surface area contributed by atoms with Crippen molar-refractivity contribution in [2.24, 2.45) is 0 Å². The molecule has 0 saturated carbocycles. The first-order valence-corrected chi connectivity index (χ1v) is 6.85. The number of carbonyl (C=O) groups is 1. The maximum absolute atomic E-state index is 13.4. The number of pyridine rings is 1. The second-order valence-corrected chi connectivity index (χ2v) is 5.38. The Labute approximate surface area is 114 Å². The molecular weight excluding hydrogens is 287 g/mol. The fraction of sp³-hybridized carbons (Fsp3) is 0. The van der Waals surface area contributed by atoms with Crippen LogP contribution in [-0.2, 0) is 10.0 Å². The van der Waals surface area contributed by atoms with Gasteiger partial charge < -0.3 is 5.11 Å². The second-order valence-electron chi connectivity index (χ2n) is 3.78. The van der Waals surface area contributed by atoms with E-state index < -0.39 is 26.8 Å². The second kappa shape index (κ2) is 5.25. The third-order valence-electron chi connectivity index (χ3n) is 2.36. The molecule has 0 fully saturated rings. The van der Waals surface area contributed by atoms with Crippen LogP contribution in [0.25, 0.3) is 0 Å². The van der Waals surface area contributed by atoms with E-state index in [1.165, 1.54) is 30.3 Å². The lowest BCUT2D eigenvalue weighted by atomic mass is 10.2. The number of benzene rings is 1. The maximum atomic E-state index is 13.4. The lowest BCUT2D eigenvalue weighted by Gasteiger charge is -2.08. The predicted molar refractivity (Wildman–Crippen MR) is 68.4 cm³/mol. The number of sulfonamides is 1. The predicted octanol–water partition coefficient (Wildman–Crippen LogP) is 1.72. The summed E-state index contributed by atoms with van der Waals surface area (Å²) in [5.74, 6) is -2.10. The summed E-state index contributed by atoms with van der Waals surface area (Å²) in [6, 6.07) is 7.25. The summed E-state index contributed by atoms with van der Waals surface area (Å²) >= 11 is 0. The Morgan fingerprint density at radius 1 is 1.20 bits per heavy atom. The Hall–Kier alpha value is -2.48. The molecule has 1 aromatic heterocycles. The molecule has 6 nitrogen and oxygen atoms in total. The van der Waals surface area contributed by atoms with Crippen molar-refractivity contribution in [3.63, 3.8) is 0 Å². The van der Waals surface area contributed by atoms with Gasteiger partial charge in [0.25, 0.3) is 10.0 Å². The van der Waals surface area contributed by atoms with Gasteiger partial charge in [0.1, 0.15) is 0 Å². The first kappa shape index (κ1) is 13.9. The third kappa shape index (κ3) is 2.91. The largest absolute Gasteiger partial charge is 0.478 e. The number of aromatic nitrogens is 1. The molecule has 2 aromatic rings. The van der Waals surface area contributed by atoms with Gasteiger partial charge in [0.2, 0.25) is 5.03 Å². The van der Waals surface area contributed by atoms with Crippen molar-refractivity contribution < 1.29 is 22.7 Å². The average Bonchev–Trinajstić information content (AvgIpc) is 2.39. The van der Waals surface area contributed by atoms with Crippen molar-refractivity contribution >= 4 is 21.7 Å². The molecule has 0 aliphatic rings. The Kier molecular flexibility index (Phi) is 3.66. The number of halogens is 1. The molecule has 0 aliphatic heterocycles. The Morgan fingerprint density at radius 2 is 1.85 bits per heavy atom. The highest BCUT2D eigenvalue weighted by Crippen LogP contribution is 2.17. The molecule has 20 heavy (non-hydrogen) atoms. The van der Waals surface area contributed by atoms with Crippen molar-refractivity contribution in [2.45, 2.75) is 5.03 Å². The number of nitrogens with one attached hydrogen (secondary N) is 1.